The Hall–Kier alpha value is -3.98. The molecule has 3 amide bonds. The summed E-state index contributed by atoms with van der Waals surface area (Å²) in [5, 5.41) is 0. The van der Waals surface area contributed by atoms with Crippen molar-refractivity contribution in [3.05, 3.63) is 65.4 Å². The maximum absolute atomic E-state index is 13.6. The fourth-order valence-corrected chi connectivity index (χ4v) is 4.43. The molecule has 2 aromatic carbocycles. The number of aliphatic imine (C=N–C) groups is 1. The van der Waals surface area contributed by atoms with Gasteiger partial charge in [0.1, 0.15) is 11.4 Å². The lowest BCUT2D eigenvalue weighted by Gasteiger charge is -2.31. The van der Waals surface area contributed by atoms with Crippen molar-refractivity contribution >= 4 is 40.5 Å². The number of primary amides is 1. The van der Waals surface area contributed by atoms with E-state index in [-0.39, 0.29) is 23.2 Å². The molecule has 0 aliphatic carbocycles. The first-order chi connectivity index (χ1) is 17.4. The summed E-state index contributed by atoms with van der Waals surface area (Å²) < 4.78 is 5.47. The van der Waals surface area contributed by atoms with Crippen LogP contribution in [0.25, 0.3) is 0 Å². The van der Waals surface area contributed by atoms with Gasteiger partial charge in [0.25, 0.3) is 11.8 Å². The van der Waals surface area contributed by atoms with Gasteiger partial charge in [-0.05, 0) is 68.1 Å². The molecule has 0 bridgehead atoms. The van der Waals surface area contributed by atoms with Gasteiger partial charge in [-0.3, -0.25) is 14.4 Å². The number of nitrogens with two attached hydrogens (primary N) is 2. The van der Waals surface area contributed by atoms with Crippen LogP contribution in [0.3, 0.4) is 0 Å². The van der Waals surface area contributed by atoms with Crippen molar-refractivity contribution < 1.29 is 19.1 Å². The smallest absolute Gasteiger partial charge is 0.277 e. The van der Waals surface area contributed by atoms with E-state index in [2.05, 4.69) is 4.99 Å². The number of nitrogens with zero attached hydrogens (tertiary/aromatic N) is 3. The third-order valence-corrected chi connectivity index (χ3v) is 6.33. The molecule has 36 heavy (non-hydrogen) atoms. The summed E-state index contributed by atoms with van der Waals surface area (Å²) in [7, 11) is 0. The summed E-state index contributed by atoms with van der Waals surface area (Å²) >= 11 is 0. The van der Waals surface area contributed by atoms with Gasteiger partial charge in [-0.1, -0.05) is 12.1 Å². The highest BCUT2D eigenvalue weighted by atomic mass is 16.5. The molecule has 4 N–H and O–H groups in total. The molecule has 0 spiro atoms. The van der Waals surface area contributed by atoms with E-state index in [1.54, 1.807) is 15.9 Å². The first kappa shape index (κ1) is 25.1. The van der Waals surface area contributed by atoms with Crippen LogP contribution >= 0.6 is 0 Å². The van der Waals surface area contributed by atoms with E-state index in [0.717, 1.165) is 24.1 Å². The van der Waals surface area contributed by atoms with Gasteiger partial charge in [-0.2, -0.15) is 0 Å². The van der Waals surface area contributed by atoms with Gasteiger partial charge in [0.15, 0.2) is 0 Å². The summed E-state index contributed by atoms with van der Waals surface area (Å²) in [6.07, 6.45) is 2.76. The zero-order valence-corrected chi connectivity index (χ0v) is 20.4. The van der Waals surface area contributed by atoms with Gasteiger partial charge < -0.3 is 26.0 Å². The number of hydrogen-bond acceptors (Lipinski definition) is 6. The number of rotatable bonds is 7. The van der Waals surface area contributed by atoms with Gasteiger partial charge >= 0.3 is 0 Å². The molecule has 9 nitrogen and oxygen atoms in total. The molecular weight excluding hydrogens is 458 g/mol. The lowest BCUT2D eigenvalue weighted by Crippen LogP contribution is -2.44. The molecule has 0 atom stereocenters. The zero-order valence-electron chi connectivity index (χ0n) is 20.4. The molecule has 9 heteroatoms. The maximum atomic E-state index is 13.6. The number of amides is 3. The van der Waals surface area contributed by atoms with Crippen LogP contribution < -0.4 is 21.3 Å². The van der Waals surface area contributed by atoms with Gasteiger partial charge in [0, 0.05) is 43.1 Å². The summed E-state index contributed by atoms with van der Waals surface area (Å²) in [6.45, 7) is 3.93. The van der Waals surface area contributed by atoms with Gasteiger partial charge in [-0.15, -0.1) is 0 Å². The summed E-state index contributed by atoms with van der Waals surface area (Å²) in [6, 6.07) is 14.7. The van der Waals surface area contributed by atoms with E-state index in [0.29, 0.717) is 56.1 Å². The van der Waals surface area contributed by atoms with Gasteiger partial charge in [0.05, 0.1) is 12.3 Å². The first-order valence-corrected chi connectivity index (χ1v) is 12.2. The number of anilines is 2. The largest absolute Gasteiger partial charge is 0.394 e. The Balaban J connectivity index is 1.65. The Labute approximate surface area is 210 Å². The molecule has 0 unspecified atom stereocenters. The normalized spacial score (nSPS) is 19.1. The van der Waals surface area contributed by atoms with Crippen molar-refractivity contribution in [2.75, 3.05) is 29.5 Å². The first-order valence-electron chi connectivity index (χ1n) is 12.2. The van der Waals surface area contributed by atoms with Crippen molar-refractivity contribution in [2.45, 2.75) is 39.2 Å². The summed E-state index contributed by atoms with van der Waals surface area (Å²) in [4.78, 5) is 45.7. The fourth-order valence-electron chi connectivity index (χ4n) is 4.43. The molecule has 2 fully saturated rings. The Morgan fingerprint density at radius 3 is 2.36 bits per heavy atom. The van der Waals surface area contributed by atoms with E-state index in [1.807, 2.05) is 49.4 Å². The van der Waals surface area contributed by atoms with Crippen LogP contribution in [0.15, 0.2) is 64.8 Å². The van der Waals surface area contributed by atoms with E-state index < -0.39 is 5.91 Å². The van der Waals surface area contributed by atoms with Crippen molar-refractivity contribution in [3.63, 3.8) is 0 Å². The third kappa shape index (κ3) is 5.46. The molecule has 4 rings (SSSR count). The minimum absolute atomic E-state index is 0.0846. The molecule has 0 aromatic heterocycles. The topological polar surface area (TPSA) is 131 Å². The molecule has 0 saturated carbocycles. The Kier molecular flexibility index (Phi) is 7.80. The average molecular weight is 490 g/mol. The van der Waals surface area contributed by atoms with Crippen LogP contribution in [0.2, 0.25) is 0 Å². The highest BCUT2D eigenvalue weighted by molar-refractivity contribution is 6.51. The lowest BCUT2D eigenvalue weighted by molar-refractivity contribution is -0.119. The van der Waals surface area contributed by atoms with Crippen LogP contribution in [0.1, 0.15) is 38.2 Å². The number of ether oxygens (including phenoxy) is 1. The molecule has 0 radical (unpaired) electrons. The van der Waals surface area contributed by atoms with E-state index in [1.165, 1.54) is 0 Å². The monoisotopic (exact) mass is 489 g/mol. The predicted octanol–water partition coefficient (Wildman–Crippen LogP) is 2.95. The highest BCUT2D eigenvalue weighted by Gasteiger charge is 2.32. The van der Waals surface area contributed by atoms with Crippen LogP contribution in [-0.2, 0) is 25.7 Å². The fraction of sp³-hybridized carbons (Fsp3) is 0.333. The standard InChI is InChI=1S/C27H31N5O4/c1-2-36-17-18-6-5-7-19(16-18)30-25-22(24(28)26(29)34)13-15-32(27(25)35)21-11-9-20(10-12-21)31-14-4-3-8-23(31)33/h5-7,9-12,16H,2-4,8,13-15,17,28H2,1H3,(H2,29,34). The van der Waals surface area contributed by atoms with Crippen molar-refractivity contribution in [1.29, 1.82) is 0 Å². The average Bonchev–Trinajstić information content (AvgIpc) is 2.89. The minimum Gasteiger partial charge on any atom is -0.394 e. The molecule has 2 saturated heterocycles. The number of carbonyl (C=O) groups is 3. The zero-order chi connectivity index (χ0) is 25.7. The minimum atomic E-state index is -0.792. The second kappa shape index (κ2) is 11.2. The van der Waals surface area contributed by atoms with E-state index in [9.17, 15) is 14.4 Å². The molecule has 2 heterocycles. The van der Waals surface area contributed by atoms with Crippen LogP contribution in [0.4, 0.5) is 17.1 Å². The molecule has 2 aliphatic rings. The van der Waals surface area contributed by atoms with Crippen LogP contribution in [0.5, 0.6) is 0 Å². The number of piperidine rings is 2. The van der Waals surface area contributed by atoms with E-state index >= 15 is 0 Å². The third-order valence-electron chi connectivity index (χ3n) is 6.33. The number of benzene rings is 2. The molecule has 2 aromatic rings. The Morgan fingerprint density at radius 1 is 0.972 bits per heavy atom. The quantitative estimate of drug-likeness (QED) is 0.577. The molecular formula is C27H31N5O4. The Bertz CT molecular complexity index is 1220. The van der Waals surface area contributed by atoms with Crippen molar-refractivity contribution in [3.8, 4) is 0 Å². The van der Waals surface area contributed by atoms with Crippen molar-refractivity contribution in [1.82, 2.24) is 0 Å². The number of hydrogen-bond donors (Lipinski definition) is 2. The molecule has 188 valence electrons. The van der Waals surface area contributed by atoms with Crippen LogP contribution in [0, 0.1) is 0 Å². The predicted molar refractivity (Wildman–Crippen MR) is 139 cm³/mol. The Morgan fingerprint density at radius 2 is 1.69 bits per heavy atom. The van der Waals surface area contributed by atoms with Gasteiger partial charge in [-0.25, -0.2) is 4.99 Å². The van der Waals surface area contributed by atoms with E-state index in [4.69, 9.17) is 16.2 Å². The second-order valence-electron chi connectivity index (χ2n) is 8.75. The molecule has 2 aliphatic heterocycles. The number of carbonyl (C=O) groups excluding carboxylic acids is 3. The van der Waals surface area contributed by atoms with Crippen LogP contribution in [-0.4, -0.2) is 43.1 Å². The van der Waals surface area contributed by atoms with Crippen molar-refractivity contribution in [2.24, 2.45) is 16.5 Å². The summed E-state index contributed by atoms with van der Waals surface area (Å²) in [5.41, 5.74) is 14.6. The lowest BCUT2D eigenvalue weighted by atomic mass is 9.97. The summed E-state index contributed by atoms with van der Waals surface area (Å²) in [5.74, 6) is -1.06. The maximum Gasteiger partial charge on any atom is 0.277 e. The highest BCUT2D eigenvalue weighted by Crippen LogP contribution is 2.29. The second-order valence-corrected chi connectivity index (χ2v) is 8.75. The SMILES string of the molecule is CCOCc1cccc(N=C2C(=O)N(c3ccc(N4CCCCC4=O)cc3)CCC2=C(N)C(N)=O)c1. The van der Waals surface area contributed by atoms with Gasteiger partial charge in [0.2, 0.25) is 5.91 Å².